The lowest BCUT2D eigenvalue weighted by atomic mass is 9.93. The number of imidazole rings is 1. The van der Waals surface area contributed by atoms with E-state index in [2.05, 4.69) is 9.97 Å². The van der Waals surface area contributed by atoms with Crippen LogP contribution < -0.4 is 5.69 Å². The molecule has 2 aromatic rings. The van der Waals surface area contributed by atoms with Crippen molar-refractivity contribution >= 4 is 11.0 Å². The Bertz CT molecular complexity index is 579. The number of aliphatic hydroxyl groups excluding tert-OH is 1. The average Bonchev–Trinajstić information content (AvgIpc) is 2.66. The number of nitrogens with zero attached hydrogens (tertiary/aromatic N) is 2. The fourth-order valence-electron chi connectivity index (χ4n) is 2.66. The molecule has 0 amide bonds. The van der Waals surface area contributed by atoms with Gasteiger partial charge in [-0.25, -0.2) is 4.79 Å². The van der Waals surface area contributed by atoms with Crippen LogP contribution in [-0.4, -0.2) is 25.7 Å². The third-order valence-corrected chi connectivity index (χ3v) is 3.55. The quantitative estimate of drug-likeness (QED) is 0.777. The lowest BCUT2D eigenvalue weighted by Gasteiger charge is -2.26. The van der Waals surface area contributed by atoms with Crippen molar-refractivity contribution in [2.45, 2.75) is 37.8 Å². The van der Waals surface area contributed by atoms with E-state index in [1.807, 2.05) is 10.6 Å². The number of hydrogen-bond acceptors (Lipinski definition) is 3. The molecule has 0 spiro atoms. The molecule has 0 aromatic carbocycles. The summed E-state index contributed by atoms with van der Waals surface area (Å²) >= 11 is 0. The number of hydrogen-bond donors (Lipinski definition) is 2. The molecule has 1 saturated carbocycles. The van der Waals surface area contributed by atoms with Crippen molar-refractivity contribution in [3.05, 3.63) is 28.9 Å². The predicted molar refractivity (Wildman–Crippen MR) is 63.9 cm³/mol. The summed E-state index contributed by atoms with van der Waals surface area (Å²) < 4.78 is 1.81. The van der Waals surface area contributed by atoms with E-state index < -0.39 is 0 Å². The number of H-pyrrole nitrogens is 1. The molecule has 5 nitrogen and oxygen atoms in total. The number of fused-ring (bicyclic) bond motifs is 1. The molecule has 0 aliphatic heterocycles. The zero-order chi connectivity index (χ0) is 11.8. The second-order valence-electron chi connectivity index (χ2n) is 4.66. The van der Waals surface area contributed by atoms with Gasteiger partial charge in [-0.05, 0) is 31.7 Å². The van der Waals surface area contributed by atoms with Crippen LogP contribution >= 0.6 is 0 Å². The van der Waals surface area contributed by atoms with Crippen LogP contribution in [0.25, 0.3) is 11.0 Å². The van der Waals surface area contributed by atoms with Crippen LogP contribution in [0.3, 0.4) is 0 Å². The minimum Gasteiger partial charge on any atom is -0.393 e. The van der Waals surface area contributed by atoms with Crippen molar-refractivity contribution in [3.63, 3.8) is 0 Å². The number of nitrogens with one attached hydrogen (secondary N) is 1. The van der Waals surface area contributed by atoms with Gasteiger partial charge in [0, 0.05) is 12.2 Å². The first-order valence-corrected chi connectivity index (χ1v) is 5.98. The normalized spacial score (nSPS) is 25.2. The lowest BCUT2D eigenvalue weighted by molar-refractivity contribution is 0.111. The maximum absolute atomic E-state index is 11.9. The fraction of sp³-hybridized carbons (Fsp3) is 0.500. The van der Waals surface area contributed by atoms with Gasteiger partial charge in [0.05, 0.1) is 23.3 Å². The second kappa shape index (κ2) is 4.00. The number of rotatable bonds is 1. The molecule has 5 heteroatoms. The highest BCUT2D eigenvalue weighted by molar-refractivity contribution is 5.73. The molecule has 0 unspecified atom stereocenters. The molecule has 17 heavy (non-hydrogen) atoms. The topological polar surface area (TPSA) is 70.9 Å². The van der Waals surface area contributed by atoms with Gasteiger partial charge >= 0.3 is 5.69 Å². The largest absolute Gasteiger partial charge is 0.393 e. The molecule has 0 saturated heterocycles. The summed E-state index contributed by atoms with van der Waals surface area (Å²) in [5.74, 6) is 0. The first kappa shape index (κ1) is 10.5. The molecule has 2 N–H and O–H groups in total. The van der Waals surface area contributed by atoms with Crippen LogP contribution in [0.4, 0.5) is 0 Å². The number of aromatic amines is 1. The molecular formula is C12H15N3O2. The molecule has 1 aliphatic rings. The van der Waals surface area contributed by atoms with Gasteiger partial charge in [-0.15, -0.1) is 0 Å². The number of pyridine rings is 1. The summed E-state index contributed by atoms with van der Waals surface area (Å²) in [4.78, 5) is 18.8. The third kappa shape index (κ3) is 1.76. The van der Waals surface area contributed by atoms with Crippen LogP contribution in [0.2, 0.25) is 0 Å². The molecular weight excluding hydrogens is 218 g/mol. The van der Waals surface area contributed by atoms with E-state index in [0.717, 1.165) is 36.7 Å². The maximum atomic E-state index is 11.9. The van der Waals surface area contributed by atoms with Gasteiger partial charge in [0.2, 0.25) is 0 Å². The van der Waals surface area contributed by atoms with E-state index in [-0.39, 0.29) is 17.8 Å². The van der Waals surface area contributed by atoms with Crippen molar-refractivity contribution < 1.29 is 5.11 Å². The van der Waals surface area contributed by atoms with Gasteiger partial charge in [0.15, 0.2) is 0 Å². The van der Waals surface area contributed by atoms with Gasteiger partial charge in [-0.3, -0.25) is 9.55 Å². The van der Waals surface area contributed by atoms with Gasteiger partial charge < -0.3 is 10.1 Å². The van der Waals surface area contributed by atoms with Gasteiger partial charge in [-0.2, -0.15) is 0 Å². The van der Waals surface area contributed by atoms with Crippen molar-refractivity contribution in [1.82, 2.24) is 14.5 Å². The monoisotopic (exact) mass is 233 g/mol. The smallest absolute Gasteiger partial charge is 0.326 e. The average molecular weight is 233 g/mol. The highest BCUT2D eigenvalue weighted by atomic mass is 16.3. The van der Waals surface area contributed by atoms with E-state index in [1.54, 1.807) is 12.4 Å². The zero-order valence-corrected chi connectivity index (χ0v) is 9.47. The minimum atomic E-state index is -0.200. The molecule has 2 aromatic heterocycles. The van der Waals surface area contributed by atoms with Crippen LogP contribution in [0.1, 0.15) is 31.7 Å². The molecule has 0 bridgehead atoms. The van der Waals surface area contributed by atoms with Crippen molar-refractivity contribution in [2.24, 2.45) is 0 Å². The van der Waals surface area contributed by atoms with Crippen LogP contribution in [0.5, 0.6) is 0 Å². The standard InChI is InChI=1S/C12H15N3O2/c16-9-3-1-8(2-4-9)15-11-5-6-13-7-10(11)14-12(15)17/h5-9,16H,1-4H2,(H,14,17). The van der Waals surface area contributed by atoms with Gasteiger partial charge in [-0.1, -0.05) is 0 Å². The Morgan fingerprint density at radius 2 is 2.12 bits per heavy atom. The third-order valence-electron chi connectivity index (χ3n) is 3.55. The van der Waals surface area contributed by atoms with Crippen LogP contribution in [0, 0.1) is 0 Å². The Morgan fingerprint density at radius 1 is 1.35 bits per heavy atom. The van der Waals surface area contributed by atoms with Gasteiger partial charge in [0.25, 0.3) is 0 Å². The molecule has 0 radical (unpaired) electrons. The van der Waals surface area contributed by atoms with Gasteiger partial charge in [0.1, 0.15) is 0 Å². The van der Waals surface area contributed by atoms with E-state index >= 15 is 0 Å². The molecule has 3 rings (SSSR count). The highest BCUT2D eigenvalue weighted by Crippen LogP contribution is 2.29. The van der Waals surface area contributed by atoms with E-state index in [0.29, 0.717) is 0 Å². The Hall–Kier alpha value is -1.62. The van der Waals surface area contributed by atoms with Crippen molar-refractivity contribution in [3.8, 4) is 0 Å². The Balaban J connectivity index is 2.05. The number of aromatic nitrogens is 3. The molecule has 1 aliphatic carbocycles. The summed E-state index contributed by atoms with van der Waals surface area (Å²) in [6.07, 6.45) is 6.43. The first-order chi connectivity index (χ1) is 8.25. The Labute approximate surface area is 98.1 Å². The zero-order valence-electron chi connectivity index (χ0n) is 9.47. The molecule has 1 fully saturated rings. The van der Waals surface area contributed by atoms with Crippen molar-refractivity contribution in [1.29, 1.82) is 0 Å². The van der Waals surface area contributed by atoms with Crippen LogP contribution in [-0.2, 0) is 0 Å². The van der Waals surface area contributed by atoms with E-state index in [9.17, 15) is 9.90 Å². The maximum Gasteiger partial charge on any atom is 0.326 e. The summed E-state index contributed by atoms with van der Waals surface area (Å²) in [5, 5.41) is 9.50. The van der Waals surface area contributed by atoms with E-state index in [4.69, 9.17) is 0 Å². The highest BCUT2D eigenvalue weighted by Gasteiger charge is 2.23. The minimum absolute atomic E-state index is 0.0746. The summed E-state index contributed by atoms with van der Waals surface area (Å²) in [7, 11) is 0. The first-order valence-electron chi connectivity index (χ1n) is 5.98. The fourth-order valence-corrected chi connectivity index (χ4v) is 2.66. The van der Waals surface area contributed by atoms with Crippen molar-refractivity contribution in [2.75, 3.05) is 0 Å². The number of aliphatic hydroxyl groups is 1. The summed E-state index contributed by atoms with van der Waals surface area (Å²) in [6.45, 7) is 0. The lowest BCUT2D eigenvalue weighted by Crippen LogP contribution is -2.27. The molecule has 90 valence electrons. The van der Waals surface area contributed by atoms with Crippen LogP contribution in [0.15, 0.2) is 23.3 Å². The molecule has 2 heterocycles. The summed E-state index contributed by atoms with van der Waals surface area (Å²) in [6, 6.07) is 2.06. The SMILES string of the molecule is O=c1[nH]c2cnccc2n1C1CCC(O)CC1. The predicted octanol–water partition coefficient (Wildman–Crippen LogP) is 1.20. The summed E-state index contributed by atoms with van der Waals surface area (Å²) in [5.41, 5.74) is 1.62. The molecule has 0 atom stereocenters. The Kier molecular flexibility index (Phi) is 2.48. The second-order valence-corrected chi connectivity index (χ2v) is 4.66. The Morgan fingerprint density at radius 3 is 2.88 bits per heavy atom. The van der Waals surface area contributed by atoms with E-state index in [1.165, 1.54) is 0 Å².